The molecule has 1 aliphatic rings. The predicted molar refractivity (Wildman–Crippen MR) is 107 cm³/mol. The Morgan fingerprint density at radius 3 is 2.54 bits per heavy atom. The third-order valence-electron chi connectivity index (χ3n) is 4.04. The van der Waals surface area contributed by atoms with E-state index in [2.05, 4.69) is 10.2 Å². The van der Waals surface area contributed by atoms with Gasteiger partial charge in [-0.25, -0.2) is 0 Å². The Kier molecular flexibility index (Phi) is 6.07. The number of ether oxygens (including phenoxy) is 1. The summed E-state index contributed by atoms with van der Waals surface area (Å²) in [6, 6.07) is 17.5. The number of carbonyl (C=O) groups is 1. The van der Waals surface area contributed by atoms with Crippen LogP contribution in [0, 0.1) is 0 Å². The SMILES string of the molecule is CC[C@H]1S/C(=N/N=C\c2ccc(OC)cc2)N(Cc2ccccc2)C1=O. The molecule has 1 aliphatic heterocycles. The molecule has 0 saturated carbocycles. The van der Waals surface area contributed by atoms with E-state index in [1.165, 1.54) is 11.8 Å². The number of amidine groups is 1. The number of methoxy groups -OCH3 is 1. The smallest absolute Gasteiger partial charge is 0.242 e. The molecule has 0 spiro atoms. The van der Waals surface area contributed by atoms with E-state index in [0.717, 1.165) is 23.3 Å². The Labute approximate surface area is 157 Å². The van der Waals surface area contributed by atoms with Crippen molar-refractivity contribution in [3.63, 3.8) is 0 Å². The Morgan fingerprint density at radius 2 is 1.88 bits per heavy atom. The van der Waals surface area contributed by atoms with Gasteiger partial charge in [-0.3, -0.25) is 9.69 Å². The minimum absolute atomic E-state index is 0.0892. The normalized spacial score (nSPS) is 18.8. The first-order valence-corrected chi connectivity index (χ1v) is 9.36. The van der Waals surface area contributed by atoms with E-state index in [4.69, 9.17) is 4.74 Å². The molecule has 3 rings (SSSR count). The zero-order valence-corrected chi connectivity index (χ0v) is 15.6. The molecule has 1 atom stereocenters. The molecule has 26 heavy (non-hydrogen) atoms. The minimum atomic E-state index is -0.0892. The molecular formula is C20H21N3O2S. The average molecular weight is 367 g/mol. The molecule has 1 fully saturated rings. The molecule has 5 nitrogen and oxygen atoms in total. The van der Waals surface area contributed by atoms with Crippen LogP contribution < -0.4 is 4.74 Å². The van der Waals surface area contributed by atoms with Crippen LogP contribution in [0.4, 0.5) is 0 Å². The fraction of sp³-hybridized carbons (Fsp3) is 0.250. The largest absolute Gasteiger partial charge is 0.497 e. The highest BCUT2D eigenvalue weighted by Gasteiger charge is 2.36. The Bertz CT molecular complexity index is 804. The molecule has 134 valence electrons. The second kappa shape index (κ2) is 8.67. The molecule has 0 unspecified atom stereocenters. The van der Waals surface area contributed by atoms with Crippen molar-refractivity contribution in [1.29, 1.82) is 0 Å². The van der Waals surface area contributed by atoms with Crippen LogP contribution in [-0.4, -0.2) is 34.5 Å². The Hall–Kier alpha value is -2.60. The zero-order valence-electron chi connectivity index (χ0n) is 14.8. The maximum Gasteiger partial charge on any atom is 0.242 e. The van der Waals surface area contributed by atoms with Gasteiger partial charge in [0.15, 0.2) is 5.17 Å². The number of thioether (sulfide) groups is 1. The second-order valence-corrected chi connectivity index (χ2v) is 6.99. The summed E-state index contributed by atoms with van der Waals surface area (Å²) in [5.41, 5.74) is 2.00. The van der Waals surface area contributed by atoms with Crippen LogP contribution in [0.2, 0.25) is 0 Å². The van der Waals surface area contributed by atoms with Crippen LogP contribution in [0.1, 0.15) is 24.5 Å². The topological polar surface area (TPSA) is 54.3 Å². The Balaban J connectivity index is 1.76. The van der Waals surface area contributed by atoms with Crippen molar-refractivity contribution in [2.75, 3.05) is 7.11 Å². The molecule has 0 N–H and O–H groups in total. The van der Waals surface area contributed by atoms with Gasteiger partial charge in [0, 0.05) is 0 Å². The molecule has 1 saturated heterocycles. The van der Waals surface area contributed by atoms with Crippen LogP contribution >= 0.6 is 11.8 Å². The number of nitrogens with zero attached hydrogens (tertiary/aromatic N) is 3. The van der Waals surface area contributed by atoms with Gasteiger partial charge in [0.05, 0.1) is 25.1 Å². The highest BCUT2D eigenvalue weighted by molar-refractivity contribution is 8.15. The van der Waals surface area contributed by atoms with Crippen molar-refractivity contribution in [2.24, 2.45) is 10.2 Å². The van der Waals surface area contributed by atoms with E-state index in [0.29, 0.717) is 11.7 Å². The molecule has 0 aliphatic carbocycles. The number of hydrogen-bond donors (Lipinski definition) is 0. The highest BCUT2D eigenvalue weighted by atomic mass is 32.2. The Morgan fingerprint density at radius 1 is 1.15 bits per heavy atom. The summed E-state index contributed by atoms with van der Waals surface area (Å²) in [5, 5.41) is 9.05. The zero-order chi connectivity index (χ0) is 18.4. The summed E-state index contributed by atoms with van der Waals surface area (Å²) in [4.78, 5) is 14.3. The fourth-order valence-corrected chi connectivity index (χ4v) is 3.62. The molecular weight excluding hydrogens is 346 g/mol. The minimum Gasteiger partial charge on any atom is -0.497 e. The van der Waals surface area contributed by atoms with Crippen LogP contribution in [-0.2, 0) is 11.3 Å². The van der Waals surface area contributed by atoms with E-state index in [1.807, 2.05) is 61.5 Å². The van der Waals surface area contributed by atoms with E-state index < -0.39 is 0 Å². The first-order valence-electron chi connectivity index (χ1n) is 8.48. The third-order valence-corrected chi connectivity index (χ3v) is 5.37. The maximum atomic E-state index is 12.6. The van der Waals surface area contributed by atoms with Crippen LogP contribution in [0.15, 0.2) is 64.8 Å². The van der Waals surface area contributed by atoms with Crippen molar-refractivity contribution < 1.29 is 9.53 Å². The van der Waals surface area contributed by atoms with E-state index >= 15 is 0 Å². The quantitative estimate of drug-likeness (QED) is 0.574. The van der Waals surface area contributed by atoms with E-state index in [-0.39, 0.29) is 11.2 Å². The first-order chi connectivity index (χ1) is 12.7. The number of carbonyl (C=O) groups excluding carboxylic acids is 1. The summed E-state index contributed by atoms with van der Waals surface area (Å²) in [6.07, 6.45) is 2.45. The van der Waals surface area contributed by atoms with Crippen molar-refractivity contribution in [3.05, 3.63) is 65.7 Å². The van der Waals surface area contributed by atoms with Crippen LogP contribution in [0.3, 0.4) is 0 Å². The van der Waals surface area contributed by atoms with E-state index in [9.17, 15) is 4.79 Å². The molecule has 6 heteroatoms. The summed E-state index contributed by atoms with van der Waals surface area (Å²) in [5.74, 6) is 0.894. The molecule has 0 aromatic heterocycles. The molecule has 0 bridgehead atoms. The molecule has 2 aromatic rings. The first kappa shape index (κ1) is 18.2. The van der Waals surface area contributed by atoms with Gasteiger partial charge in [0.25, 0.3) is 0 Å². The summed E-state index contributed by atoms with van der Waals surface area (Å²) >= 11 is 1.48. The van der Waals surface area contributed by atoms with Crippen LogP contribution in [0.25, 0.3) is 0 Å². The standard InChI is InChI=1S/C20H21N3O2S/c1-3-18-19(24)23(14-16-7-5-4-6-8-16)20(26-18)22-21-13-15-9-11-17(25-2)12-10-15/h4-13,18H,3,14H2,1-2H3/b21-13-,22-20+/t18-/m1/s1. The van der Waals surface area contributed by atoms with Crippen molar-refractivity contribution in [2.45, 2.75) is 25.1 Å². The average Bonchev–Trinajstić information content (AvgIpc) is 2.98. The lowest BCUT2D eigenvalue weighted by Crippen LogP contribution is -2.31. The molecule has 1 amide bonds. The van der Waals surface area contributed by atoms with Crippen molar-refractivity contribution >= 4 is 29.1 Å². The maximum absolute atomic E-state index is 12.6. The summed E-state index contributed by atoms with van der Waals surface area (Å²) in [7, 11) is 1.63. The lowest BCUT2D eigenvalue weighted by Gasteiger charge is -2.15. The fourth-order valence-electron chi connectivity index (χ4n) is 2.59. The highest BCUT2D eigenvalue weighted by Crippen LogP contribution is 2.30. The van der Waals surface area contributed by atoms with Gasteiger partial charge in [0.2, 0.25) is 5.91 Å². The van der Waals surface area contributed by atoms with Gasteiger partial charge < -0.3 is 4.74 Å². The van der Waals surface area contributed by atoms with Gasteiger partial charge >= 0.3 is 0 Å². The van der Waals surface area contributed by atoms with Gasteiger partial charge in [-0.2, -0.15) is 5.10 Å². The van der Waals surface area contributed by atoms with Gasteiger partial charge in [-0.05, 0) is 41.8 Å². The third kappa shape index (κ3) is 4.32. The number of amides is 1. The number of benzene rings is 2. The second-order valence-electron chi connectivity index (χ2n) is 5.83. The van der Waals surface area contributed by atoms with Gasteiger partial charge in [-0.15, -0.1) is 5.10 Å². The lowest BCUT2D eigenvalue weighted by molar-refractivity contribution is -0.126. The van der Waals surface area contributed by atoms with Crippen molar-refractivity contribution in [3.8, 4) is 5.75 Å². The summed E-state index contributed by atoms with van der Waals surface area (Å²) in [6.45, 7) is 2.53. The van der Waals surface area contributed by atoms with Gasteiger partial charge in [-0.1, -0.05) is 49.0 Å². The van der Waals surface area contributed by atoms with E-state index in [1.54, 1.807) is 18.2 Å². The van der Waals surface area contributed by atoms with Crippen molar-refractivity contribution in [1.82, 2.24) is 4.90 Å². The van der Waals surface area contributed by atoms with Gasteiger partial charge in [0.1, 0.15) is 5.75 Å². The lowest BCUT2D eigenvalue weighted by atomic mass is 10.2. The number of rotatable bonds is 6. The monoisotopic (exact) mass is 367 g/mol. The summed E-state index contributed by atoms with van der Waals surface area (Å²) < 4.78 is 5.14. The predicted octanol–water partition coefficient (Wildman–Crippen LogP) is 3.94. The number of hydrogen-bond acceptors (Lipinski definition) is 5. The molecule has 1 heterocycles. The molecule has 0 radical (unpaired) electrons. The van der Waals surface area contributed by atoms with Crippen LogP contribution in [0.5, 0.6) is 5.75 Å². The molecule has 2 aromatic carbocycles.